The lowest BCUT2D eigenvalue weighted by molar-refractivity contribution is -0.167. The first-order chi connectivity index (χ1) is 31.1. The summed E-state index contributed by atoms with van der Waals surface area (Å²) in [6, 6.07) is 43.3. The van der Waals surface area contributed by atoms with Gasteiger partial charge in [-0.3, -0.25) is 19.2 Å². The molecule has 12 heteroatoms. The molecule has 2 aliphatic heterocycles. The molecule has 0 bridgehead atoms. The Hall–Kier alpha value is -7.86. The van der Waals surface area contributed by atoms with Crippen molar-refractivity contribution in [3.63, 3.8) is 0 Å². The van der Waals surface area contributed by atoms with Crippen LogP contribution in [0.25, 0.3) is 32.9 Å². The molecule has 0 aromatic heterocycles. The van der Waals surface area contributed by atoms with Crippen LogP contribution in [0.1, 0.15) is 35.1 Å². The van der Waals surface area contributed by atoms with Crippen molar-refractivity contribution in [2.24, 2.45) is 10.8 Å². The highest BCUT2D eigenvalue weighted by Crippen LogP contribution is 2.66. The topological polar surface area (TPSA) is 146 Å². The summed E-state index contributed by atoms with van der Waals surface area (Å²) in [6.07, 6.45) is -2.00. The fourth-order valence-electron chi connectivity index (χ4n) is 9.55. The van der Waals surface area contributed by atoms with Crippen molar-refractivity contribution in [3.8, 4) is 0 Å². The van der Waals surface area contributed by atoms with Gasteiger partial charge in [0, 0.05) is 11.1 Å². The summed E-state index contributed by atoms with van der Waals surface area (Å²) >= 11 is 0. The molecule has 0 saturated heterocycles. The number of methoxy groups -OCH3 is 4. The van der Waals surface area contributed by atoms with E-state index in [0.29, 0.717) is 33.0 Å². The van der Waals surface area contributed by atoms with Crippen molar-refractivity contribution in [2.75, 3.05) is 28.4 Å². The highest BCUT2D eigenvalue weighted by molar-refractivity contribution is 6.24. The molecular formula is C52H44N2O10. The van der Waals surface area contributed by atoms with Crippen LogP contribution in [0.3, 0.4) is 0 Å². The van der Waals surface area contributed by atoms with Crippen LogP contribution in [-0.2, 0) is 60.8 Å². The van der Waals surface area contributed by atoms with Gasteiger partial charge in [0.25, 0.3) is 0 Å². The number of carbonyl (C=O) groups is 6. The van der Waals surface area contributed by atoms with Gasteiger partial charge in [-0.05, 0) is 32.7 Å². The monoisotopic (exact) mass is 856 g/mol. The summed E-state index contributed by atoms with van der Waals surface area (Å²) in [5.41, 5.74) is -4.33. The number of carbonyl (C=O) groups excluding carboxylic acids is 6. The fourth-order valence-corrected chi connectivity index (χ4v) is 9.55. The average molecular weight is 857 g/mol. The number of rotatable bonds is 13. The van der Waals surface area contributed by atoms with Crippen LogP contribution in [-0.4, -0.2) is 73.9 Å². The minimum absolute atomic E-state index is 0.0101. The molecule has 6 aromatic carbocycles. The van der Waals surface area contributed by atoms with E-state index in [1.54, 1.807) is 84.9 Å². The molecule has 0 fully saturated rings. The van der Waals surface area contributed by atoms with Gasteiger partial charge < -0.3 is 28.7 Å². The predicted octanol–water partition coefficient (Wildman–Crippen LogP) is 7.65. The first-order valence-corrected chi connectivity index (χ1v) is 20.5. The van der Waals surface area contributed by atoms with Crippen molar-refractivity contribution >= 4 is 68.6 Å². The van der Waals surface area contributed by atoms with E-state index in [2.05, 4.69) is 0 Å². The van der Waals surface area contributed by atoms with Gasteiger partial charge in [-0.15, -0.1) is 0 Å². The van der Waals surface area contributed by atoms with Crippen molar-refractivity contribution < 1.29 is 47.7 Å². The van der Waals surface area contributed by atoms with Gasteiger partial charge in [0.1, 0.15) is 10.8 Å². The van der Waals surface area contributed by atoms with E-state index in [9.17, 15) is 9.59 Å². The third-order valence-corrected chi connectivity index (χ3v) is 12.3. The van der Waals surface area contributed by atoms with Crippen molar-refractivity contribution in [1.82, 2.24) is 9.80 Å². The van der Waals surface area contributed by atoms with Crippen LogP contribution in [0.2, 0.25) is 0 Å². The molecule has 2 amide bonds. The second-order valence-corrected chi connectivity index (χ2v) is 15.6. The molecule has 0 radical (unpaired) electrons. The quantitative estimate of drug-likeness (QED) is 0.0839. The maximum absolute atomic E-state index is 16.6. The number of hydrogen-bond acceptors (Lipinski definition) is 10. The molecule has 0 saturated carbocycles. The second-order valence-electron chi connectivity index (χ2n) is 15.6. The highest BCUT2D eigenvalue weighted by atomic mass is 16.5. The molecule has 8 rings (SSSR count). The van der Waals surface area contributed by atoms with Crippen molar-refractivity contribution in [2.45, 2.75) is 25.9 Å². The van der Waals surface area contributed by atoms with E-state index in [0.717, 1.165) is 39.2 Å². The van der Waals surface area contributed by atoms with Gasteiger partial charge in [-0.2, -0.15) is 0 Å². The second kappa shape index (κ2) is 17.5. The van der Waals surface area contributed by atoms with Gasteiger partial charge in [0.05, 0.1) is 76.9 Å². The van der Waals surface area contributed by atoms with Gasteiger partial charge in [-0.1, -0.05) is 146 Å². The van der Waals surface area contributed by atoms with Crippen LogP contribution in [0.5, 0.6) is 0 Å². The molecule has 0 aliphatic carbocycles. The van der Waals surface area contributed by atoms with Gasteiger partial charge >= 0.3 is 23.9 Å². The van der Waals surface area contributed by atoms with Crippen LogP contribution in [0.4, 0.5) is 0 Å². The van der Waals surface area contributed by atoms with Gasteiger partial charge in [-0.25, -0.2) is 9.59 Å². The lowest BCUT2D eigenvalue weighted by Gasteiger charge is -2.44. The molecular weight excluding hydrogens is 813 g/mol. The smallest absolute Gasteiger partial charge is 0.337 e. The Morgan fingerprint density at radius 3 is 1.14 bits per heavy atom. The summed E-state index contributed by atoms with van der Waals surface area (Å²) in [4.78, 5) is 94.9. The van der Waals surface area contributed by atoms with Gasteiger partial charge in [0.2, 0.25) is 11.8 Å². The van der Waals surface area contributed by atoms with Crippen LogP contribution in [0, 0.1) is 10.8 Å². The van der Waals surface area contributed by atoms with E-state index in [1.807, 2.05) is 60.7 Å². The van der Waals surface area contributed by atoms with E-state index < -0.39 is 70.5 Å². The maximum atomic E-state index is 16.6. The number of ether oxygens (including phenoxy) is 4. The molecule has 2 heterocycles. The zero-order valence-corrected chi connectivity index (χ0v) is 35.7. The number of benzene rings is 6. The van der Waals surface area contributed by atoms with Crippen LogP contribution < -0.4 is 0 Å². The summed E-state index contributed by atoms with van der Waals surface area (Å²) in [5.74, 6) is -6.12. The molecule has 2 atom stereocenters. The summed E-state index contributed by atoms with van der Waals surface area (Å²) in [6.45, 7) is -0.351. The molecule has 322 valence electrons. The largest absolute Gasteiger partial charge is 0.469 e. The Balaban J connectivity index is 1.61. The predicted molar refractivity (Wildman–Crippen MR) is 238 cm³/mol. The number of nitrogens with zero attached hydrogens (tertiary/aromatic N) is 2. The molecule has 2 unspecified atom stereocenters. The normalized spacial score (nSPS) is 18.5. The van der Waals surface area contributed by atoms with Crippen LogP contribution in [0.15, 0.2) is 157 Å². The zero-order chi connectivity index (χ0) is 45.2. The molecule has 64 heavy (non-hydrogen) atoms. The Morgan fingerprint density at radius 2 is 0.781 bits per heavy atom. The SMILES string of the molecule is COC(=O)CC1(C2(CC(=O)OC)C(=O)N(Cc3ccccc3)C(c3cccc4ccccc34)=C2C(=O)OC)C(=O)N(Cc2ccccc2)C(c2cccc3ccccc23)=C1C(=O)OC. The summed E-state index contributed by atoms with van der Waals surface area (Å²) in [5, 5.41) is 2.73. The minimum Gasteiger partial charge on any atom is -0.469 e. The van der Waals surface area contributed by atoms with E-state index in [4.69, 9.17) is 18.9 Å². The molecule has 12 nitrogen and oxygen atoms in total. The van der Waals surface area contributed by atoms with E-state index >= 15 is 19.2 Å². The Bertz CT molecular complexity index is 2720. The molecule has 6 aromatic rings. The first-order valence-electron chi connectivity index (χ1n) is 20.5. The first kappa shape index (κ1) is 42.8. The molecule has 0 spiro atoms. The highest BCUT2D eigenvalue weighted by Gasteiger charge is 2.76. The van der Waals surface area contributed by atoms with Crippen LogP contribution >= 0.6 is 0 Å². The Kier molecular flexibility index (Phi) is 11.7. The lowest BCUT2D eigenvalue weighted by atomic mass is 9.53. The number of amides is 2. The van der Waals surface area contributed by atoms with Gasteiger partial charge in [0.15, 0.2) is 0 Å². The average Bonchev–Trinajstić information content (AvgIpc) is 3.72. The van der Waals surface area contributed by atoms with Crippen molar-refractivity contribution in [3.05, 3.63) is 179 Å². The third-order valence-electron chi connectivity index (χ3n) is 12.3. The maximum Gasteiger partial charge on any atom is 0.337 e. The minimum atomic E-state index is -2.75. The Morgan fingerprint density at radius 1 is 0.438 bits per heavy atom. The number of esters is 4. The third kappa shape index (κ3) is 6.87. The number of fused-ring (bicyclic) bond motifs is 2. The molecule has 2 aliphatic rings. The number of hydrogen-bond donors (Lipinski definition) is 0. The zero-order valence-electron chi connectivity index (χ0n) is 35.7. The van der Waals surface area contributed by atoms with E-state index in [-0.39, 0.29) is 24.5 Å². The standard InChI is InChI=1S/C52H44N2O10/c1-61-41(55)29-51(43(47(57)63-3)45(39-27-15-23-35-21-11-13-25-37(35)39)53(49(51)59)31-33-17-7-5-8-18-33)52(30-42(56)62-2)44(48(58)64-4)46(40-28-16-24-36-22-12-14-26-38(36)40)54(50(52)60)32-34-19-9-6-10-20-34/h5-28H,29-32H2,1-4H3. The van der Waals surface area contributed by atoms with Crippen molar-refractivity contribution in [1.29, 1.82) is 0 Å². The lowest BCUT2D eigenvalue weighted by Crippen LogP contribution is -2.59. The summed E-state index contributed by atoms with van der Waals surface area (Å²) in [7, 11) is 4.45. The molecule has 0 N–H and O–H groups in total. The Labute approximate surface area is 369 Å². The summed E-state index contributed by atoms with van der Waals surface area (Å²) < 4.78 is 21.9. The fraction of sp³-hybridized carbons (Fsp3) is 0.192. The van der Waals surface area contributed by atoms with E-state index in [1.165, 1.54) is 9.80 Å².